The summed E-state index contributed by atoms with van der Waals surface area (Å²) >= 11 is 5.90. The lowest BCUT2D eigenvalue weighted by atomic mass is 9.72. The molecule has 0 saturated heterocycles. The maximum atomic E-state index is 5.90. The fourth-order valence-electron chi connectivity index (χ4n) is 2.63. The summed E-state index contributed by atoms with van der Waals surface area (Å²) in [6.45, 7) is 0. The number of likely N-dealkylation sites (N-methyl/N-ethyl adjacent to an activating group) is 1. The first kappa shape index (κ1) is 12.9. The molecule has 1 saturated carbocycles. The van der Waals surface area contributed by atoms with Gasteiger partial charge >= 0.3 is 0 Å². The Morgan fingerprint density at radius 1 is 1.35 bits per heavy atom. The van der Waals surface area contributed by atoms with Crippen LogP contribution in [0, 0.1) is 0 Å². The Hall–Kier alpha value is -0.570. The molecule has 0 spiro atoms. The summed E-state index contributed by atoms with van der Waals surface area (Å²) in [5.74, 6) is 0. The van der Waals surface area contributed by atoms with E-state index < -0.39 is 0 Å². The van der Waals surface area contributed by atoms with E-state index in [2.05, 4.69) is 17.4 Å². The van der Waals surface area contributed by atoms with Crippen molar-refractivity contribution < 1.29 is 4.74 Å². The SMILES string of the molecule is CNC(Cc1ccc(Cl)cc1)C1(OC)CCC1. The monoisotopic (exact) mass is 253 g/mol. The van der Waals surface area contributed by atoms with Gasteiger partial charge in [-0.15, -0.1) is 0 Å². The van der Waals surface area contributed by atoms with Crippen LogP contribution in [-0.2, 0) is 11.2 Å². The van der Waals surface area contributed by atoms with E-state index in [-0.39, 0.29) is 5.60 Å². The van der Waals surface area contributed by atoms with Gasteiger partial charge in [0.1, 0.15) is 0 Å². The third kappa shape index (κ3) is 2.65. The number of benzene rings is 1. The molecule has 2 nitrogen and oxygen atoms in total. The van der Waals surface area contributed by atoms with Crippen LogP contribution in [0.5, 0.6) is 0 Å². The molecule has 1 atom stereocenters. The standard InChI is InChI=1S/C14H20ClNO/c1-16-13(14(17-2)8-3-9-14)10-11-4-6-12(15)7-5-11/h4-7,13,16H,3,8-10H2,1-2H3. The van der Waals surface area contributed by atoms with Crippen LogP contribution in [-0.4, -0.2) is 25.8 Å². The molecule has 1 unspecified atom stereocenters. The second kappa shape index (κ2) is 5.38. The van der Waals surface area contributed by atoms with Gasteiger partial charge in [0.15, 0.2) is 0 Å². The second-order valence-electron chi connectivity index (χ2n) is 4.79. The molecule has 0 heterocycles. The van der Waals surface area contributed by atoms with Gasteiger partial charge in [-0.05, 0) is 50.4 Å². The van der Waals surface area contributed by atoms with Crippen LogP contribution in [0.4, 0.5) is 0 Å². The topological polar surface area (TPSA) is 21.3 Å². The number of halogens is 1. The number of hydrogen-bond acceptors (Lipinski definition) is 2. The lowest BCUT2D eigenvalue weighted by Crippen LogP contribution is -2.56. The average molecular weight is 254 g/mol. The first-order valence-corrected chi connectivity index (χ1v) is 6.55. The van der Waals surface area contributed by atoms with Gasteiger partial charge in [-0.3, -0.25) is 0 Å². The van der Waals surface area contributed by atoms with Crippen molar-refractivity contribution in [3.05, 3.63) is 34.9 Å². The van der Waals surface area contributed by atoms with Gasteiger partial charge in [0, 0.05) is 18.2 Å². The minimum absolute atomic E-state index is 0.0361. The van der Waals surface area contributed by atoms with Crippen LogP contribution in [0.2, 0.25) is 5.02 Å². The lowest BCUT2D eigenvalue weighted by Gasteiger charge is -2.46. The molecule has 1 N–H and O–H groups in total. The third-order valence-electron chi connectivity index (χ3n) is 3.94. The third-order valence-corrected chi connectivity index (χ3v) is 4.20. The Morgan fingerprint density at radius 3 is 2.41 bits per heavy atom. The Kier molecular flexibility index (Phi) is 4.08. The normalized spacial score (nSPS) is 19.7. The predicted octanol–water partition coefficient (Wildman–Crippen LogP) is 3.04. The molecule has 0 amide bonds. The summed E-state index contributed by atoms with van der Waals surface area (Å²) < 4.78 is 5.73. The quantitative estimate of drug-likeness (QED) is 0.871. The summed E-state index contributed by atoms with van der Waals surface area (Å²) in [6, 6.07) is 8.46. The minimum atomic E-state index is 0.0361. The molecule has 0 bridgehead atoms. The van der Waals surface area contributed by atoms with E-state index in [9.17, 15) is 0 Å². The molecule has 17 heavy (non-hydrogen) atoms. The van der Waals surface area contributed by atoms with Crippen LogP contribution < -0.4 is 5.32 Å². The molecular weight excluding hydrogens is 234 g/mol. The van der Waals surface area contributed by atoms with E-state index in [1.807, 2.05) is 26.3 Å². The molecule has 3 heteroatoms. The first-order chi connectivity index (χ1) is 8.20. The number of rotatable bonds is 5. The zero-order chi connectivity index (χ0) is 12.3. The molecule has 1 aliphatic rings. The smallest absolute Gasteiger partial charge is 0.0834 e. The van der Waals surface area contributed by atoms with Crippen molar-refractivity contribution in [3.8, 4) is 0 Å². The zero-order valence-electron chi connectivity index (χ0n) is 10.5. The number of ether oxygens (including phenoxy) is 1. The molecule has 0 radical (unpaired) electrons. The van der Waals surface area contributed by atoms with Crippen molar-refractivity contribution in [2.45, 2.75) is 37.3 Å². The molecule has 0 aromatic heterocycles. The van der Waals surface area contributed by atoms with Crippen molar-refractivity contribution in [2.24, 2.45) is 0 Å². The van der Waals surface area contributed by atoms with Crippen LogP contribution in [0.3, 0.4) is 0 Å². The van der Waals surface area contributed by atoms with E-state index >= 15 is 0 Å². The summed E-state index contributed by atoms with van der Waals surface area (Å²) in [5, 5.41) is 4.19. The van der Waals surface area contributed by atoms with E-state index in [0.717, 1.165) is 24.3 Å². The highest BCUT2D eigenvalue weighted by Crippen LogP contribution is 2.39. The maximum Gasteiger partial charge on any atom is 0.0834 e. The van der Waals surface area contributed by atoms with Crippen molar-refractivity contribution in [1.82, 2.24) is 5.32 Å². The van der Waals surface area contributed by atoms with E-state index in [1.165, 1.54) is 12.0 Å². The van der Waals surface area contributed by atoms with Crippen molar-refractivity contribution in [1.29, 1.82) is 0 Å². The van der Waals surface area contributed by atoms with Gasteiger partial charge in [0.25, 0.3) is 0 Å². The minimum Gasteiger partial charge on any atom is -0.377 e. The maximum absolute atomic E-state index is 5.90. The molecule has 1 fully saturated rings. The lowest BCUT2D eigenvalue weighted by molar-refractivity contribution is -0.0966. The summed E-state index contributed by atoms with van der Waals surface area (Å²) in [7, 11) is 3.84. The van der Waals surface area contributed by atoms with Gasteiger partial charge in [0.05, 0.1) is 5.60 Å². The van der Waals surface area contributed by atoms with Gasteiger partial charge in [-0.25, -0.2) is 0 Å². The van der Waals surface area contributed by atoms with Crippen LogP contribution >= 0.6 is 11.6 Å². The number of methoxy groups -OCH3 is 1. The zero-order valence-corrected chi connectivity index (χ0v) is 11.3. The van der Waals surface area contributed by atoms with E-state index in [4.69, 9.17) is 16.3 Å². The van der Waals surface area contributed by atoms with E-state index in [0.29, 0.717) is 6.04 Å². The predicted molar refractivity (Wildman–Crippen MR) is 71.6 cm³/mol. The fraction of sp³-hybridized carbons (Fsp3) is 0.571. The first-order valence-electron chi connectivity index (χ1n) is 6.17. The van der Waals surface area contributed by atoms with Crippen molar-refractivity contribution in [2.75, 3.05) is 14.2 Å². The second-order valence-corrected chi connectivity index (χ2v) is 5.23. The summed E-state index contributed by atoms with van der Waals surface area (Å²) in [6.07, 6.45) is 4.57. The summed E-state index contributed by atoms with van der Waals surface area (Å²) in [4.78, 5) is 0. The highest BCUT2D eigenvalue weighted by atomic mass is 35.5. The molecule has 1 aromatic carbocycles. The van der Waals surface area contributed by atoms with Crippen LogP contribution in [0.1, 0.15) is 24.8 Å². The Balaban J connectivity index is 2.07. The number of hydrogen-bond donors (Lipinski definition) is 1. The van der Waals surface area contributed by atoms with Gasteiger partial charge in [0.2, 0.25) is 0 Å². The Morgan fingerprint density at radius 2 is 2.00 bits per heavy atom. The Bertz CT molecular complexity index is 353. The van der Waals surface area contributed by atoms with Gasteiger partial charge in [-0.1, -0.05) is 23.7 Å². The van der Waals surface area contributed by atoms with E-state index in [1.54, 1.807) is 0 Å². The molecule has 94 valence electrons. The molecular formula is C14H20ClNO. The van der Waals surface area contributed by atoms with Gasteiger partial charge < -0.3 is 10.1 Å². The molecule has 2 rings (SSSR count). The highest BCUT2D eigenvalue weighted by molar-refractivity contribution is 6.30. The molecule has 0 aliphatic heterocycles. The molecule has 1 aromatic rings. The average Bonchev–Trinajstić information content (AvgIpc) is 2.29. The molecule has 1 aliphatic carbocycles. The van der Waals surface area contributed by atoms with Crippen molar-refractivity contribution in [3.63, 3.8) is 0 Å². The summed E-state index contributed by atoms with van der Waals surface area (Å²) in [5.41, 5.74) is 1.34. The van der Waals surface area contributed by atoms with Crippen LogP contribution in [0.15, 0.2) is 24.3 Å². The van der Waals surface area contributed by atoms with Crippen molar-refractivity contribution >= 4 is 11.6 Å². The largest absolute Gasteiger partial charge is 0.377 e. The Labute approximate surface area is 108 Å². The number of nitrogens with one attached hydrogen (secondary N) is 1. The fourth-order valence-corrected chi connectivity index (χ4v) is 2.75. The van der Waals surface area contributed by atoms with Gasteiger partial charge in [-0.2, -0.15) is 0 Å². The van der Waals surface area contributed by atoms with Crippen LogP contribution in [0.25, 0.3) is 0 Å². The highest BCUT2D eigenvalue weighted by Gasteiger charge is 2.43.